The van der Waals surface area contributed by atoms with E-state index < -0.39 is 0 Å². The summed E-state index contributed by atoms with van der Waals surface area (Å²) in [6.07, 6.45) is 1.39. The van der Waals surface area contributed by atoms with E-state index in [1.165, 1.54) is 5.56 Å². The average Bonchev–Trinajstić information content (AvgIpc) is 2.29. The summed E-state index contributed by atoms with van der Waals surface area (Å²) < 4.78 is 0. The molecule has 0 bridgehead atoms. The summed E-state index contributed by atoms with van der Waals surface area (Å²) in [5.41, 5.74) is 7.55. The van der Waals surface area contributed by atoms with E-state index >= 15 is 0 Å². The first-order chi connectivity index (χ1) is 8.08. The minimum Gasteiger partial charge on any atom is -0.399 e. The van der Waals surface area contributed by atoms with Crippen LogP contribution in [0.3, 0.4) is 0 Å². The molecule has 0 aliphatic carbocycles. The van der Waals surface area contributed by atoms with E-state index in [4.69, 9.17) is 5.73 Å². The molecule has 0 heterocycles. The van der Waals surface area contributed by atoms with Crippen molar-refractivity contribution in [1.82, 2.24) is 10.2 Å². The number of nitrogens with one attached hydrogen (secondary N) is 1. The molecule has 0 aromatic heterocycles. The van der Waals surface area contributed by atoms with Crippen LogP contribution in [0.5, 0.6) is 0 Å². The van der Waals surface area contributed by atoms with Crippen LogP contribution in [0, 0.1) is 0 Å². The van der Waals surface area contributed by atoms with E-state index in [-0.39, 0.29) is 5.91 Å². The summed E-state index contributed by atoms with van der Waals surface area (Å²) in [6.45, 7) is 1.46. The Bertz CT molecular complexity index is 346. The zero-order chi connectivity index (χ0) is 12.7. The van der Waals surface area contributed by atoms with E-state index in [0.717, 1.165) is 18.7 Å². The van der Waals surface area contributed by atoms with Crippen molar-refractivity contribution in [3.8, 4) is 0 Å². The van der Waals surface area contributed by atoms with Gasteiger partial charge in [-0.1, -0.05) is 12.1 Å². The fourth-order valence-corrected chi connectivity index (χ4v) is 1.44. The maximum atomic E-state index is 11.4. The van der Waals surface area contributed by atoms with Gasteiger partial charge in [0, 0.05) is 25.2 Å². The lowest BCUT2D eigenvalue weighted by molar-refractivity contribution is -0.121. The number of carbonyl (C=O) groups excluding carboxylic acids is 1. The molecule has 94 valence electrons. The minimum absolute atomic E-state index is 0.106. The maximum Gasteiger partial charge on any atom is 0.221 e. The topological polar surface area (TPSA) is 58.4 Å². The largest absolute Gasteiger partial charge is 0.399 e. The number of benzene rings is 1. The van der Waals surface area contributed by atoms with E-state index in [1.54, 1.807) is 0 Å². The van der Waals surface area contributed by atoms with Crippen LogP contribution in [-0.2, 0) is 11.2 Å². The van der Waals surface area contributed by atoms with Gasteiger partial charge in [0.1, 0.15) is 0 Å². The lowest BCUT2D eigenvalue weighted by Gasteiger charge is -2.09. The summed E-state index contributed by atoms with van der Waals surface area (Å²) in [4.78, 5) is 13.4. The molecule has 1 amide bonds. The van der Waals surface area contributed by atoms with Crippen LogP contribution in [0.15, 0.2) is 24.3 Å². The fraction of sp³-hybridized carbons (Fsp3) is 0.462. The number of nitrogens with zero attached hydrogens (tertiary/aromatic N) is 1. The molecule has 4 heteroatoms. The number of carbonyl (C=O) groups is 1. The van der Waals surface area contributed by atoms with Crippen molar-refractivity contribution in [3.05, 3.63) is 29.8 Å². The third-order valence-corrected chi connectivity index (χ3v) is 2.50. The predicted octanol–water partition coefficient (Wildman–Crippen LogP) is 0.879. The molecule has 0 aliphatic heterocycles. The fourth-order valence-electron chi connectivity index (χ4n) is 1.44. The normalized spacial score (nSPS) is 10.5. The molecule has 0 saturated heterocycles. The summed E-state index contributed by atoms with van der Waals surface area (Å²) in [5, 5.41) is 2.90. The maximum absolute atomic E-state index is 11.4. The smallest absolute Gasteiger partial charge is 0.221 e. The van der Waals surface area contributed by atoms with Crippen molar-refractivity contribution in [2.75, 3.05) is 32.9 Å². The standard InChI is InChI=1S/C13H21N3O/c1-16(2)10-8-13(17)15-9-7-11-3-5-12(14)6-4-11/h3-6H,7-10,14H2,1-2H3,(H,15,17). The van der Waals surface area contributed by atoms with Crippen LogP contribution >= 0.6 is 0 Å². The predicted molar refractivity (Wildman–Crippen MR) is 70.7 cm³/mol. The number of amides is 1. The Balaban J connectivity index is 2.19. The molecule has 0 fully saturated rings. The second-order valence-electron chi connectivity index (χ2n) is 4.39. The van der Waals surface area contributed by atoms with E-state index in [1.807, 2.05) is 43.3 Å². The summed E-state index contributed by atoms with van der Waals surface area (Å²) >= 11 is 0. The van der Waals surface area contributed by atoms with Gasteiger partial charge in [-0.05, 0) is 38.2 Å². The van der Waals surface area contributed by atoms with Crippen LogP contribution in [0.25, 0.3) is 0 Å². The highest BCUT2D eigenvalue weighted by Crippen LogP contribution is 2.05. The molecule has 1 aromatic rings. The molecule has 0 spiro atoms. The van der Waals surface area contributed by atoms with Crippen molar-refractivity contribution in [3.63, 3.8) is 0 Å². The lowest BCUT2D eigenvalue weighted by atomic mass is 10.1. The van der Waals surface area contributed by atoms with Crippen molar-refractivity contribution in [2.45, 2.75) is 12.8 Å². The van der Waals surface area contributed by atoms with Gasteiger partial charge >= 0.3 is 0 Å². The number of nitrogen functional groups attached to an aromatic ring is 1. The zero-order valence-corrected chi connectivity index (χ0v) is 10.6. The Morgan fingerprint density at radius 3 is 2.53 bits per heavy atom. The molecule has 0 unspecified atom stereocenters. The van der Waals surface area contributed by atoms with Gasteiger partial charge in [0.15, 0.2) is 0 Å². The van der Waals surface area contributed by atoms with Crippen LogP contribution in [0.2, 0.25) is 0 Å². The Morgan fingerprint density at radius 2 is 1.94 bits per heavy atom. The van der Waals surface area contributed by atoms with E-state index in [9.17, 15) is 4.79 Å². The quantitative estimate of drug-likeness (QED) is 0.720. The van der Waals surface area contributed by atoms with Crippen LogP contribution in [-0.4, -0.2) is 38.0 Å². The average molecular weight is 235 g/mol. The van der Waals surface area contributed by atoms with Crippen molar-refractivity contribution >= 4 is 11.6 Å². The van der Waals surface area contributed by atoms with Crippen molar-refractivity contribution < 1.29 is 4.79 Å². The Kier molecular flexibility index (Phi) is 5.49. The first-order valence-corrected chi connectivity index (χ1v) is 5.84. The third kappa shape index (κ3) is 5.92. The van der Waals surface area contributed by atoms with Gasteiger partial charge in [-0.15, -0.1) is 0 Å². The highest BCUT2D eigenvalue weighted by Gasteiger charge is 2.01. The number of hydrogen-bond donors (Lipinski definition) is 2. The van der Waals surface area contributed by atoms with Crippen LogP contribution in [0.4, 0.5) is 5.69 Å². The number of rotatable bonds is 6. The summed E-state index contributed by atoms with van der Waals surface area (Å²) in [7, 11) is 3.92. The van der Waals surface area contributed by atoms with Gasteiger partial charge in [-0.25, -0.2) is 0 Å². The third-order valence-electron chi connectivity index (χ3n) is 2.50. The van der Waals surface area contributed by atoms with Gasteiger partial charge in [0.2, 0.25) is 5.91 Å². The van der Waals surface area contributed by atoms with Gasteiger partial charge in [-0.3, -0.25) is 4.79 Å². The van der Waals surface area contributed by atoms with Crippen LogP contribution < -0.4 is 11.1 Å². The molecule has 1 rings (SSSR count). The SMILES string of the molecule is CN(C)CCC(=O)NCCc1ccc(N)cc1. The highest BCUT2D eigenvalue weighted by molar-refractivity contribution is 5.76. The highest BCUT2D eigenvalue weighted by atomic mass is 16.1. The molecular weight excluding hydrogens is 214 g/mol. The number of nitrogens with two attached hydrogens (primary N) is 1. The molecule has 17 heavy (non-hydrogen) atoms. The van der Waals surface area contributed by atoms with E-state index in [2.05, 4.69) is 5.32 Å². The molecule has 0 saturated carbocycles. The lowest BCUT2D eigenvalue weighted by Crippen LogP contribution is -2.28. The number of hydrogen-bond acceptors (Lipinski definition) is 3. The van der Waals surface area contributed by atoms with Gasteiger partial charge < -0.3 is 16.0 Å². The molecule has 4 nitrogen and oxygen atoms in total. The van der Waals surface area contributed by atoms with Gasteiger partial charge in [0.05, 0.1) is 0 Å². The monoisotopic (exact) mass is 235 g/mol. The zero-order valence-electron chi connectivity index (χ0n) is 10.6. The second kappa shape index (κ2) is 6.91. The first kappa shape index (κ1) is 13.5. The molecule has 0 atom stereocenters. The first-order valence-electron chi connectivity index (χ1n) is 5.84. The Labute approximate surface area is 103 Å². The van der Waals surface area contributed by atoms with Gasteiger partial charge in [-0.2, -0.15) is 0 Å². The van der Waals surface area contributed by atoms with Crippen molar-refractivity contribution in [1.29, 1.82) is 0 Å². The molecular formula is C13H21N3O. The van der Waals surface area contributed by atoms with Gasteiger partial charge in [0.25, 0.3) is 0 Å². The minimum atomic E-state index is 0.106. The summed E-state index contributed by atoms with van der Waals surface area (Å²) in [5.74, 6) is 0.106. The molecule has 0 radical (unpaired) electrons. The Morgan fingerprint density at radius 1 is 1.29 bits per heavy atom. The second-order valence-corrected chi connectivity index (χ2v) is 4.39. The van der Waals surface area contributed by atoms with Crippen molar-refractivity contribution in [2.24, 2.45) is 0 Å². The molecule has 0 aliphatic rings. The van der Waals surface area contributed by atoms with Crippen LogP contribution in [0.1, 0.15) is 12.0 Å². The molecule has 3 N–H and O–H groups in total. The number of anilines is 1. The summed E-state index contributed by atoms with van der Waals surface area (Å²) in [6, 6.07) is 7.73. The molecule has 1 aromatic carbocycles. The Hall–Kier alpha value is -1.55. The van der Waals surface area contributed by atoms with E-state index in [0.29, 0.717) is 13.0 Å².